The number of amides is 4. The fourth-order valence-electron chi connectivity index (χ4n) is 4.70. The van der Waals surface area contributed by atoms with Crippen molar-refractivity contribution in [2.45, 2.75) is 63.6 Å². The number of rotatable bonds is 5. The number of carbonyl (C=O) groups excluding carboxylic acids is 3. The van der Waals surface area contributed by atoms with Gasteiger partial charge in [0, 0.05) is 31.9 Å². The molecule has 0 bridgehead atoms. The van der Waals surface area contributed by atoms with Crippen molar-refractivity contribution in [1.82, 2.24) is 15.1 Å². The lowest BCUT2D eigenvalue weighted by Crippen LogP contribution is -2.61. The van der Waals surface area contributed by atoms with Gasteiger partial charge >= 0.3 is 6.03 Å². The number of hydrogen-bond acceptors (Lipinski definition) is 5. The molecule has 4 rings (SSSR count). The van der Waals surface area contributed by atoms with Gasteiger partial charge in [0.2, 0.25) is 11.8 Å². The number of imide groups is 2. The van der Waals surface area contributed by atoms with Gasteiger partial charge in [0.15, 0.2) is 5.92 Å². The highest BCUT2D eigenvalue weighted by Crippen LogP contribution is 2.26. The Morgan fingerprint density at radius 2 is 1.67 bits per heavy atom. The van der Waals surface area contributed by atoms with Gasteiger partial charge in [0.1, 0.15) is 0 Å². The first kappa shape index (κ1) is 20.7. The van der Waals surface area contributed by atoms with E-state index in [4.69, 9.17) is 0 Å². The molecular weight excluding hydrogens is 380 g/mol. The van der Waals surface area contributed by atoms with Crippen LogP contribution in [0.15, 0.2) is 35.3 Å². The molecule has 1 unspecified atom stereocenters. The van der Waals surface area contributed by atoms with Crippen molar-refractivity contribution < 1.29 is 14.4 Å². The largest absolute Gasteiger partial charge is 0.331 e. The van der Waals surface area contributed by atoms with Crippen molar-refractivity contribution in [1.29, 1.82) is 0 Å². The highest BCUT2D eigenvalue weighted by Gasteiger charge is 2.43. The number of carbonyl (C=O) groups is 3. The highest BCUT2D eigenvalue weighted by atomic mass is 16.2. The van der Waals surface area contributed by atoms with Crippen molar-refractivity contribution in [3.63, 3.8) is 0 Å². The molecule has 1 aromatic rings. The van der Waals surface area contributed by atoms with E-state index in [9.17, 15) is 14.4 Å². The monoisotopic (exact) mass is 410 g/mol. The molecule has 0 spiro atoms. The molecule has 1 N–H and O–H groups in total. The molecule has 1 aliphatic carbocycles. The van der Waals surface area contributed by atoms with E-state index in [0.717, 1.165) is 64.6 Å². The second kappa shape index (κ2) is 9.51. The molecule has 3 aliphatic rings. The number of urea groups is 1. The number of nitrogens with one attached hydrogen (secondary N) is 1. The van der Waals surface area contributed by atoms with Gasteiger partial charge in [-0.3, -0.25) is 29.7 Å². The molecule has 30 heavy (non-hydrogen) atoms. The molecule has 0 radical (unpaired) electrons. The summed E-state index contributed by atoms with van der Waals surface area (Å²) in [6, 6.07) is 9.84. The van der Waals surface area contributed by atoms with E-state index in [1.807, 2.05) is 6.07 Å². The maximum Gasteiger partial charge on any atom is 0.331 e. The number of barbiturate groups is 1. The lowest BCUT2D eigenvalue weighted by atomic mass is 9.92. The molecule has 2 saturated heterocycles. The molecule has 2 heterocycles. The second-order valence-electron chi connectivity index (χ2n) is 8.56. The van der Waals surface area contributed by atoms with Crippen molar-refractivity contribution in [3.05, 3.63) is 35.9 Å². The normalized spacial score (nSPS) is 25.1. The van der Waals surface area contributed by atoms with Crippen LogP contribution in [0.2, 0.25) is 0 Å². The first-order valence-electron chi connectivity index (χ1n) is 11.1. The first-order chi connectivity index (χ1) is 14.6. The van der Waals surface area contributed by atoms with Crippen molar-refractivity contribution in [2.24, 2.45) is 10.9 Å². The average Bonchev–Trinajstić information content (AvgIpc) is 2.76. The molecule has 1 saturated carbocycles. The lowest BCUT2D eigenvalue weighted by molar-refractivity contribution is -0.141. The van der Waals surface area contributed by atoms with Gasteiger partial charge in [-0.25, -0.2) is 4.79 Å². The predicted molar refractivity (Wildman–Crippen MR) is 114 cm³/mol. The molecule has 0 aromatic heterocycles. The van der Waals surface area contributed by atoms with Crippen LogP contribution in [0, 0.1) is 5.92 Å². The summed E-state index contributed by atoms with van der Waals surface area (Å²) in [6.07, 6.45) is 8.07. The minimum atomic E-state index is -0.994. The molecule has 160 valence electrons. The van der Waals surface area contributed by atoms with E-state index in [-0.39, 0.29) is 12.1 Å². The molecule has 4 amide bonds. The highest BCUT2D eigenvalue weighted by molar-refractivity contribution is 6.23. The van der Waals surface area contributed by atoms with Gasteiger partial charge in [0.05, 0.1) is 6.04 Å². The van der Waals surface area contributed by atoms with Gasteiger partial charge in [0.25, 0.3) is 0 Å². The average molecular weight is 411 g/mol. The molecule has 7 heteroatoms. The van der Waals surface area contributed by atoms with Gasteiger partial charge in [-0.05, 0) is 31.2 Å². The lowest BCUT2D eigenvalue weighted by Gasteiger charge is -2.36. The Labute approximate surface area is 177 Å². The summed E-state index contributed by atoms with van der Waals surface area (Å²) < 4.78 is 0. The Morgan fingerprint density at radius 3 is 2.37 bits per heavy atom. The van der Waals surface area contributed by atoms with Crippen LogP contribution in [0.4, 0.5) is 4.79 Å². The third-order valence-corrected chi connectivity index (χ3v) is 6.43. The predicted octanol–water partition coefficient (Wildman–Crippen LogP) is 2.75. The van der Waals surface area contributed by atoms with Crippen LogP contribution in [0.3, 0.4) is 0 Å². The Morgan fingerprint density at radius 1 is 0.967 bits per heavy atom. The van der Waals surface area contributed by atoms with Gasteiger partial charge < -0.3 is 0 Å². The fourth-order valence-corrected chi connectivity index (χ4v) is 4.70. The molecule has 7 nitrogen and oxygen atoms in total. The van der Waals surface area contributed by atoms with Crippen molar-refractivity contribution in [2.75, 3.05) is 13.1 Å². The smallest absolute Gasteiger partial charge is 0.299 e. The summed E-state index contributed by atoms with van der Waals surface area (Å²) in [5.74, 6) is -1.96. The number of aliphatic imine (C=N–C) groups is 1. The van der Waals surface area contributed by atoms with Gasteiger partial charge in [-0.2, -0.15) is 0 Å². The van der Waals surface area contributed by atoms with Crippen molar-refractivity contribution in [3.8, 4) is 0 Å². The number of benzene rings is 1. The van der Waals surface area contributed by atoms with Crippen LogP contribution in [0.25, 0.3) is 0 Å². The Kier molecular flexibility index (Phi) is 6.57. The Bertz CT molecular complexity index is 796. The molecular formula is C23H30N4O3. The van der Waals surface area contributed by atoms with E-state index < -0.39 is 23.8 Å². The zero-order valence-corrected chi connectivity index (χ0v) is 17.3. The van der Waals surface area contributed by atoms with Crippen LogP contribution >= 0.6 is 0 Å². The summed E-state index contributed by atoms with van der Waals surface area (Å²) in [7, 11) is 0. The SMILES string of the molecule is O=C1NC(=O)N(C2CCCCC2)C(=O)C1C=NC1CCN(Cc2ccccc2)CC1. The fraction of sp³-hybridized carbons (Fsp3) is 0.565. The summed E-state index contributed by atoms with van der Waals surface area (Å²) in [6.45, 7) is 2.81. The van der Waals surface area contributed by atoms with Crippen LogP contribution in [-0.2, 0) is 16.1 Å². The molecule has 1 aromatic carbocycles. The van der Waals surface area contributed by atoms with Gasteiger partial charge in [-0.1, -0.05) is 49.6 Å². The zero-order chi connectivity index (χ0) is 20.9. The van der Waals surface area contributed by atoms with Gasteiger partial charge in [-0.15, -0.1) is 0 Å². The number of nitrogens with zero attached hydrogens (tertiary/aromatic N) is 3. The number of hydrogen-bond donors (Lipinski definition) is 1. The summed E-state index contributed by atoms with van der Waals surface area (Å²) in [5, 5.41) is 2.36. The first-order valence-corrected chi connectivity index (χ1v) is 11.1. The maximum absolute atomic E-state index is 12.9. The third-order valence-electron chi connectivity index (χ3n) is 6.43. The van der Waals surface area contributed by atoms with E-state index in [2.05, 4.69) is 39.5 Å². The van der Waals surface area contributed by atoms with Crippen LogP contribution in [0.1, 0.15) is 50.5 Å². The summed E-state index contributed by atoms with van der Waals surface area (Å²) in [5.41, 5.74) is 1.30. The molecule has 3 fully saturated rings. The zero-order valence-electron chi connectivity index (χ0n) is 17.3. The number of piperidine rings is 1. The Hall–Kier alpha value is -2.54. The summed E-state index contributed by atoms with van der Waals surface area (Å²) >= 11 is 0. The molecule has 1 atom stereocenters. The summed E-state index contributed by atoms with van der Waals surface area (Å²) in [4.78, 5) is 45.8. The van der Waals surface area contributed by atoms with E-state index >= 15 is 0 Å². The van der Waals surface area contributed by atoms with E-state index in [0.29, 0.717) is 0 Å². The van der Waals surface area contributed by atoms with Crippen LogP contribution < -0.4 is 5.32 Å². The molecule has 2 aliphatic heterocycles. The number of likely N-dealkylation sites (tertiary alicyclic amines) is 1. The quantitative estimate of drug-likeness (QED) is 0.598. The standard InChI is InChI=1S/C23H30N4O3/c28-21-20(22(29)27(23(30)25-21)19-9-5-2-6-10-19)15-24-18-11-13-26(14-12-18)16-17-7-3-1-4-8-17/h1,3-4,7-8,15,18-20H,2,5-6,9-14,16H2,(H,25,28,30). The minimum Gasteiger partial charge on any atom is -0.299 e. The van der Waals surface area contributed by atoms with Crippen molar-refractivity contribution >= 4 is 24.1 Å². The van der Waals surface area contributed by atoms with E-state index in [1.165, 1.54) is 16.7 Å². The van der Waals surface area contributed by atoms with Crippen LogP contribution in [0.5, 0.6) is 0 Å². The Balaban J connectivity index is 1.33. The minimum absolute atomic E-state index is 0.100. The topological polar surface area (TPSA) is 82.1 Å². The third kappa shape index (κ3) is 4.78. The van der Waals surface area contributed by atoms with Crippen LogP contribution in [-0.4, -0.2) is 59.0 Å². The second-order valence-corrected chi connectivity index (χ2v) is 8.56. The van der Waals surface area contributed by atoms with E-state index in [1.54, 1.807) is 0 Å². The maximum atomic E-state index is 12.9.